The summed E-state index contributed by atoms with van der Waals surface area (Å²) in [6, 6.07) is 3.82. The van der Waals surface area contributed by atoms with Gasteiger partial charge in [0.2, 0.25) is 10.0 Å². The number of carboxylic acids is 1. The predicted octanol–water partition coefficient (Wildman–Crippen LogP) is 2.00. The van der Waals surface area contributed by atoms with Gasteiger partial charge in [0.25, 0.3) is 0 Å². The van der Waals surface area contributed by atoms with Gasteiger partial charge in [-0.05, 0) is 37.0 Å². The van der Waals surface area contributed by atoms with Crippen molar-refractivity contribution in [1.29, 1.82) is 0 Å². The number of hydrogen-bond donors (Lipinski definition) is 1. The minimum Gasteiger partial charge on any atom is -0.481 e. The summed E-state index contributed by atoms with van der Waals surface area (Å²) in [4.78, 5) is 23.1. The van der Waals surface area contributed by atoms with Crippen LogP contribution in [0.5, 0.6) is 0 Å². The van der Waals surface area contributed by atoms with Crippen molar-refractivity contribution in [3.05, 3.63) is 28.8 Å². The zero-order valence-electron chi connectivity index (χ0n) is 13.6. The zero-order chi connectivity index (χ0) is 18.4. The van der Waals surface area contributed by atoms with Crippen LogP contribution in [0.3, 0.4) is 0 Å². The molecule has 1 saturated heterocycles. The zero-order valence-corrected chi connectivity index (χ0v) is 15.1. The number of nitrogens with zero attached hydrogens (tertiary/aromatic N) is 1. The second-order valence-corrected chi connectivity index (χ2v) is 8.80. The molecule has 9 heteroatoms. The average Bonchev–Trinajstić information content (AvgIpc) is 3.12. The SMILES string of the molecule is COC(=O)c1ccc(S(=O)(=O)N2C[C@@H]3CCC[C@@]3(C(=O)O)C2)c(Cl)c1. The fourth-order valence-corrected chi connectivity index (χ4v) is 5.94. The van der Waals surface area contributed by atoms with E-state index in [9.17, 15) is 23.1 Å². The number of carbonyl (C=O) groups is 2. The van der Waals surface area contributed by atoms with Crippen LogP contribution in [0.4, 0.5) is 0 Å². The fourth-order valence-electron chi connectivity index (χ4n) is 3.87. The number of carboxylic acid groups (broad SMARTS) is 1. The van der Waals surface area contributed by atoms with E-state index in [2.05, 4.69) is 4.74 Å². The molecule has 1 aromatic rings. The van der Waals surface area contributed by atoms with Crippen LogP contribution in [0.1, 0.15) is 29.6 Å². The molecule has 0 radical (unpaired) electrons. The molecule has 0 spiro atoms. The lowest BCUT2D eigenvalue weighted by Gasteiger charge is -2.23. The molecular formula is C16H18ClNO6S. The minimum atomic E-state index is -3.95. The van der Waals surface area contributed by atoms with Crippen molar-refractivity contribution in [3.63, 3.8) is 0 Å². The topological polar surface area (TPSA) is 101 Å². The first-order valence-corrected chi connectivity index (χ1v) is 9.65. The van der Waals surface area contributed by atoms with E-state index in [4.69, 9.17) is 11.6 Å². The minimum absolute atomic E-state index is 0.0512. The summed E-state index contributed by atoms with van der Waals surface area (Å²) < 4.78 is 31.7. The Kier molecular flexibility index (Phi) is 4.55. The predicted molar refractivity (Wildman–Crippen MR) is 89.0 cm³/mol. The molecule has 0 amide bonds. The van der Waals surface area contributed by atoms with E-state index in [0.29, 0.717) is 12.8 Å². The Morgan fingerprint density at radius 3 is 2.68 bits per heavy atom. The normalized spacial score (nSPS) is 26.4. The van der Waals surface area contributed by atoms with E-state index in [1.165, 1.54) is 29.6 Å². The first-order valence-electron chi connectivity index (χ1n) is 7.84. The highest BCUT2D eigenvalue weighted by Gasteiger charge is 2.57. The number of fused-ring (bicyclic) bond motifs is 1. The highest BCUT2D eigenvalue weighted by atomic mass is 35.5. The summed E-state index contributed by atoms with van der Waals surface area (Å²) in [7, 11) is -2.73. The summed E-state index contributed by atoms with van der Waals surface area (Å²) in [6.45, 7) is 0.119. The number of methoxy groups -OCH3 is 1. The molecule has 3 rings (SSSR count). The van der Waals surface area contributed by atoms with Gasteiger partial charge in [-0.25, -0.2) is 13.2 Å². The molecule has 25 heavy (non-hydrogen) atoms. The van der Waals surface area contributed by atoms with Crippen LogP contribution >= 0.6 is 11.6 Å². The van der Waals surface area contributed by atoms with Gasteiger partial charge in [0.05, 0.1) is 23.1 Å². The standard InChI is InChI=1S/C16H18ClNO6S/c1-24-14(19)10-4-5-13(12(17)7-10)25(22,23)18-8-11-3-2-6-16(11,9-18)15(20)21/h4-5,7,11H,2-3,6,8-9H2,1H3,(H,20,21)/t11-,16+/m0/s1. The molecule has 2 atom stereocenters. The summed E-state index contributed by atoms with van der Waals surface area (Å²) in [5.41, 5.74) is -0.863. The van der Waals surface area contributed by atoms with E-state index < -0.39 is 27.4 Å². The van der Waals surface area contributed by atoms with Gasteiger partial charge in [-0.1, -0.05) is 18.0 Å². The lowest BCUT2D eigenvalue weighted by atomic mass is 9.81. The number of carbonyl (C=O) groups excluding carboxylic acids is 1. The quantitative estimate of drug-likeness (QED) is 0.793. The maximum Gasteiger partial charge on any atom is 0.337 e. The monoisotopic (exact) mass is 387 g/mol. The molecule has 1 aliphatic heterocycles. The summed E-state index contributed by atoms with van der Waals surface area (Å²) in [6.07, 6.45) is 1.97. The van der Waals surface area contributed by atoms with Crippen LogP contribution < -0.4 is 0 Å². The Bertz CT molecular complexity index is 839. The van der Waals surface area contributed by atoms with Crippen LogP contribution in [0.2, 0.25) is 5.02 Å². The van der Waals surface area contributed by atoms with Crippen LogP contribution in [0, 0.1) is 11.3 Å². The Hall–Kier alpha value is -1.64. The lowest BCUT2D eigenvalue weighted by molar-refractivity contribution is -0.149. The first kappa shape index (κ1) is 18.2. The van der Waals surface area contributed by atoms with Gasteiger partial charge >= 0.3 is 11.9 Å². The summed E-state index contributed by atoms with van der Waals surface area (Å²) in [5.74, 6) is -1.75. The number of aliphatic carboxylic acids is 1. The van der Waals surface area contributed by atoms with Gasteiger partial charge in [0, 0.05) is 13.1 Å². The molecule has 0 bridgehead atoms. The number of esters is 1. The van der Waals surface area contributed by atoms with Crippen molar-refractivity contribution in [3.8, 4) is 0 Å². The van der Waals surface area contributed by atoms with Gasteiger partial charge in [0.1, 0.15) is 4.90 Å². The highest BCUT2D eigenvalue weighted by Crippen LogP contribution is 2.50. The highest BCUT2D eigenvalue weighted by molar-refractivity contribution is 7.89. The van der Waals surface area contributed by atoms with Crippen LogP contribution in [0.15, 0.2) is 23.1 Å². The number of benzene rings is 1. The molecule has 1 heterocycles. The number of rotatable bonds is 4. The van der Waals surface area contributed by atoms with Gasteiger partial charge in [0.15, 0.2) is 0 Å². The Morgan fingerprint density at radius 1 is 1.40 bits per heavy atom. The van der Waals surface area contributed by atoms with Crippen molar-refractivity contribution in [2.24, 2.45) is 11.3 Å². The fraction of sp³-hybridized carbons (Fsp3) is 0.500. The number of ether oxygens (including phenoxy) is 1. The van der Waals surface area contributed by atoms with Crippen molar-refractivity contribution < 1.29 is 27.9 Å². The van der Waals surface area contributed by atoms with Gasteiger partial charge in [-0.15, -0.1) is 0 Å². The van der Waals surface area contributed by atoms with Crippen molar-refractivity contribution in [2.75, 3.05) is 20.2 Å². The largest absolute Gasteiger partial charge is 0.481 e. The second-order valence-electron chi connectivity index (χ2n) is 6.48. The van der Waals surface area contributed by atoms with Gasteiger partial charge in [-0.2, -0.15) is 4.31 Å². The second kappa shape index (κ2) is 6.26. The van der Waals surface area contributed by atoms with Crippen LogP contribution in [-0.2, 0) is 19.6 Å². The van der Waals surface area contributed by atoms with E-state index in [-0.39, 0.29) is 34.5 Å². The third kappa shape index (κ3) is 2.82. The van der Waals surface area contributed by atoms with E-state index in [0.717, 1.165) is 6.42 Å². The van der Waals surface area contributed by atoms with Gasteiger partial charge in [-0.3, -0.25) is 4.79 Å². The van der Waals surface area contributed by atoms with Crippen LogP contribution in [0.25, 0.3) is 0 Å². The van der Waals surface area contributed by atoms with E-state index in [1.54, 1.807) is 0 Å². The smallest absolute Gasteiger partial charge is 0.337 e. The summed E-state index contributed by atoms with van der Waals surface area (Å²) >= 11 is 6.08. The van der Waals surface area contributed by atoms with Crippen molar-refractivity contribution in [1.82, 2.24) is 4.31 Å². The number of hydrogen-bond acceptors (Lipinski definition) is 5. The molecule has 0 unspecified atom stereocenters. The van der Waals surface area contributed by atoms with Crippen LogP contribution in [-0.4, -0.2) is 50.0 Å². The first-order chi connectivity index (χ1) is 11.7. The lowest BCUT2D eigenvalue weighted by Crippen LogP contribution is -2.37. The molecule has 0 aromatic heterocycles. The Labute approximate surface area is 150 Å². The average molecular weight is 388 g/mol. The molecule has 1 N–H and O–H groups in total. The number of sulfonamides is 1. The van der Waals surface area contributed by atoms with E-state index >= 15 is 0 Å². The molecular weight excluding hydrogens is 370 g/mol. The van der Waals surface area contributed by atoms with Crippen molar-refractivity contribution in [2.45, 2.75) is 24.2 Å². The van der Waals surface area contributed by atoms with E-state index in [1.807, 2.05) is 0 Å². The Morgan fingerprint density at radius 2 is 2.12 bits per heavy atom. The third-order valence-corrected chi connectivity index (χ3v) is 7.53. The molecule has 1 aromatic carbocycles. The van der Waals surface area contributed by atoms with Crippen molar-refractivity contribution >= 4 is 33.6 Å². The molecule has 2 aliphatic rings. The molecule has 2 fully saturated rings. The summed E-state index contributed by atoms with van der Waals surface area (Å²) in [5, 5.41) is 9.52. The molecule has 7 nitrogen and oxygen atoms in total. The Balaban J connectivity index is 1.93. The maximum atomic E-state index is 12.9. The molecule has 1 saturated carbocycles. The maximum absolute atomic E-state index is 12.9. The third-order valence-electron chi connectivity index (χ3n) is 5.24. The molecule has 136 valence electrons. The number of halogens is 1. The molecule has 1 aliphatic carbocycles. The van der Waals surface area contributed by atoms with Gasteiger partial charge < -0.3 is 9.84 Å².